The second-order valence-corrected chi connectivity index (χ2v) is 5.03. The maximum absolute atomic E-state index is 13.4. The van der Waals surface area contributed by atoms with Crippen molar-refractivity contribution in [3.05, 3.63) is 33.5 Å². The molecule has 0 spiro atoms. The van der Waals surface area contributed by atoms with E-state index < -0.39 is 0 Å². The fraction of sp³-hybridized carbons (Fsp3) is 0.333. The normalized spacial score (nSPS) is 13.1. The van der Waals surface area contributed by atoms with Crippen molar-refractivity contribution in [2.45, 2.75) is 18.7 Å². The van der Waals surface area contributed by atoms with Crippen molar-refractivity contribution in [2.75, 3.05) is 0 Å². The summed E-state index contributed by atoms with van der Waals surface area (Å²) in [5.74, 6) is -0.123. The van der Waals surface area contributed by atoms with E-state index >= 15 is 0 Å². The first kappa shape index (κ1) is 10.2. The number of hydrogen-bond donors (Lipinski definition) is 0. The molecule has 1 rings (SSSR count). The summed E-state index contributed by atoms with van der Waals surface area (Å²) < 4.78 is 14.3. The Hall–Kier alpha value is 0.110. The number of rotatable bonds is 1. The minimum absolute atomic E-state index is 0.0497. The predicted octanol–water partition coefficient (Wildman–Crippen LogP) is 4.35. The lowest BCUT2D eigenvalue weighted by Gasteiger charge is -2.08. The maximum Gasteiger partial charge on any atom is 0.130 e. The van der Waals surface area contributed by atoms with Gasteiger partial charge in [0.05, 0.1) is 0 Å². The molecule has 0 N–H and O–H groups in total. The molecule has 0 saturated carbocycles. The van der Waals surface area contributed by atoms with Crippen LogP contribution in [0, 0.1) is 12.7 Å². The van der Waals surface area contributed by atoms with Crippen molar-refractivity contribution >= 4 is 31.9 Å². The Labute approximate surface area is 88.4 Å². The van der Waals surface area contributed by atoms with Crippen LogP contribution in [0.1, 0.15) is 22.9 Å². The molecular formula is C9H9Br2F. The molecular weight excluding hydrogens is 287 g/mol. The van der Waals surface area contributed by atoms with Crippen molar-refractivity contribution in [3.8, 4) is 0 Å². The molecule has 3 heteroatoms. The van der Waals surface area contributed by atoms with Gasteiger partial charge in [-0.3, -0.25) is 0 Å². The van der Waals surface area contributed by atoms with Gasteiger partial charge in [0.1, 0.15) is 5.82 Å². The number of alkyl halides is 1. The Balaban J connectivity index is 3.28. The molecule has 0 radical (unpaired) electrons. The summed E-state index contributed by atoms with van der Waals surface area (Å²) >= 11 is 6.67. The highest BCUT2D eigenvalue weighted by molar-refractivity contribution is 9.10. The van der Waals surface area contributed by atoms with E-state index in [0.717, 1.165) is 4.47 Å². The smallest absolute Gasteiger partial charge is 0.130 e. The van der Waals surface area contributed by atoms with E-state index in [1.807, 2.05) is 6.92 Å². The molecule has 1 unspecified atom stereocenters. The van der Waals surface area contributed by atoms with E-state index in [4.69, 9.17) is 0 Å². The van der Waals surface area contributed by atoms with Crippen LogP contribution in [-0.4, -0.2) is 0 Å². The second kappa shape index (κ2) is 3.88. The second-order valence-electron chi connectivity index (χ2n) is 2.74. The first-order valence-electron chi connectivity index (χ1n) is 3.62. The standard InChI is InChI=1S/C9H9Br2F/c1-5-3-7(11)4-8(6(2)10)9(5)12/h3-4,6H,1-2H3. The Morgan fingerprint density at radius 2 is 2.00 bits per heavy atom. The highest BCUT2D eigenvalue weighted by Gasteiger charge is 2.10. The van der Waals surface area contributed by atoms with Gasteiger partial charge in [-0.25, -0.2) is 4.39 Å². The fourth-order valence-electron chi connectivity index (χ4n) is 1.04. The zero-order valence-electron chi connectivity index (χ0n) is 6.87. The summed E-state index contributed by atoms with van der Waals surface area (Å²) in [5.41, 5.74) is 1.37. The van der Waals surface area contributed by atoms with E-state index in [2.05, 4.69) is 31.9 Å². The van der Waals surface area contributed by atoms with Crippen LogP contribution < -0.4 is 0 Å². The Morgan fingerprint density at radius 1 is 1.42 bits per heavy atom. The molecule has 1 aromatic rings. The van der Waals surface area contributed by atoms with Gasteiger partial charge in [-0.05, 0) is 31.5 Å². The molecule has 0 aromatic heterocycles. The lowest BCUT2D eigenvalue weighted by Crippen LogP contribution is -1.93. The van der Waals surface area contributed by atoms with Crippen LogP contribution in [-0.2, 0) is 0 Å². The molecule has 0 aliphatic heterocycles. The maximum atomic E-state index is 13.4. The van der Waals surface area contributed by atoms with Gasteiger partial charge in [0.2, 0.25) is 0 Å². The summed E-state index contributed by atoms with van der Waals surface area (Å²) in [5, 5.41) is 0. The number of halogens is 3. The average Bonchev–Trinajstić information content (AvgIpc) is 1.96. The Kier molecular flexibility index (Phi) is 3.29. The highest BCUT2D eigenvalue weighted by atomic mass is 79.9. The quantitative estimate of drug-likeness (QED) is 0.676. The van der Waals surface area contributed by atoms with Crippen molar-refractivity contribution in [1.82, 2.24) is 0 Å². The zero-order valence-corrected chi connectivity index (χ0v) is 10.0. The molecule has 0 aliphatic carbocycles. The third kappa shape index (κ3) is 2.07. The third-order valence-electron chi connectivity index (χ3n) is 1.68. The topological polar surface area (TPSA) is 0 Å². The SMILES string of the molecule is Cc1cc(Br)cc(C(C)Br)c1F. The van der Waals surface area contributed by atoms with Crippen LogP contribution >= 0.6 is 31.9 Å². The molecule has 1 aromatic carbocycles. The number of aryl methyl sites for hydroxylation is 1. The van der Waals surface area contributed by atoms with Crippen LogP contribution in [0.2, 0.25) is 0 Å². The molecule has 1 atom stereocenters. The van der Waals surface area contributed by atoms with Crippen molar-refractivity contribution in [2.24, 2.45) is 0 Å². The van der Waals surface area contributed by atoms with Gasteiger partial charge in [0.15, 0.2) is 0 Å². The van der Waals surface area contributed by atoms with Crippen molar-refractivity contribution < 1.29 is 4.39 Å². The molecule has 0 nitrogen and oxygen atoms in total. The predicted molar refractivity (Wildman–Crippen MR) is 56.2 cm³/mol. The van der Waals surface area contributed by atoms with Crippen molar-refractivity contribution in [3.63, 3.8) is 0 Å². The fourth-order valence-corrected chi connectivity index (χ4v) is 1.96. The minimum atomic E-state index is -0.123. The number of benzene rings is 1. The molecule has 0 bridgehead atoms. The summed E-state index contributed by atoms with van der Waals surface area (Å²) in [6.45, 7) is 3.67. The van der Waals surface area contributed by atoms with E-state index in [-0.39, 0.29) is 10.6 Å². The lowest BCUT2D eigenvalue weighted by molar-refractivity contribution is 0.602. The first-order valence-corrected chi connectivity index (χ1v) is 5.33. The van der Waals surface area contributed by atoms with Gasteiger partial charge in [-0.1, -0.05) is 31.9 Å². The van der Waals surface area contributed by atoms with E-state index in [1.54, 1.807) is 19.1 Å². The summed E-state index contributed by atoms with van der Waals surface area (Å²) in [7, 11) is 0. The van der Waals surface area contributed by atoms with Crippen LogP contribution in [0.3, 0.4) is 0 Å². The largest absolute Gasteiger partial charge is 0.206 e. The Morgan fingerprint density at radius 3 is 2.50 bits per heavy atom. The van der Waals surface area contributed by atoms with E-state index in [1.165, 1.54) is 0 Å². The summed E-state index contributed by atoms with van der Waals surface area (Å²) in [6, 6.07) is 3.57. The van der Waals surface area contributed by atoms with Gasteiger partial charge < -0.3 is 0 Å². The van der Waals surface area contributed by atoms with Crippen LogP contribution in [0.25, 0.3) is 0 Å². The minimum Gasteiger partial charge on any atom is -0.206 e. The van der Waals surface area contributed by atoms with Gasteiger partial charge in [-0.15, -0.1) is 0 Å². The average molecular weight is 296 g/mol. The van der Waals surface area contributed by atoms with E-state index in [0.29, 0.717) is 11.1 Å². The molecule has 66 valence electrons. The highest BCUT2D eigenvalue weighted by Crippen LogP contribution is 2.29. The van der Waals surface area contributed by atoms with Gasteiger partial charge >= 0.3 is 0 Å². The van der Waals surface area contributed by atoms with Gasteiger partial charge in [-0.2, -0.15) is 0 Å². The van der Waals surface area contributed by atoms with Gasteiger partial charge in [0, 0.05) is 14.9 Å². The van der Waals surface area contributed by atoms with Crippen LogP contribution in [0.4, 0.5) is 4.39 Å². The first-order chi connectivity index (χ1) is 5.52. The molecule has 12 heavy (non-hydrogen) atoms. The molecule has 0 amide bonds. The monoisotopic (exact) mass is 294 g/mol. The molecule has 0 saturated heterocycles. The lowest BCUT2D eigenvalue weighted by atomic mass is 10.1. The van der Waals surface area contributed by atoms with E-state index in [9.17, 15) is 4.39 Å². The third-order valence-corrected chi connectivity index (χ3v) is 2.63. The van der Waals surface area contributed by atoms with Crippen LogP contribution in [0.15, 0.2) is 16.6 Å². The molecule has 0 fully saturated rings. The van der Waals surface area contributed by atoms with Crippen molar-refractivity contribution in [1.29, 1.82) is 0 Å². The summed E-state index contributed by atoms with van der Waals surface area (Å²) in [4.78, 5) is 0.0497. The molecule has 0 heterocycles. The molecule has 0 aliphatic rings. The zero-order chi connectivity index (χ0) is 9.30. The Bertz CT molecular complexity index is 295. The summed E-state index contributed by atoms with van der Waals surface area (Å²) in [6.07, 6.45) is 0. The number of hydrogen-bond acceptors (Lipinski definition) is 0. The van der Waals surface area contributed by atoms with Crippen LogP contribution in [0.5, 0.6) is 0 Å². The van der Waals surface area contributed by atoms with Gasteiger partial charge in [0.25, 0.3) is 0 Å².